The van der Waals surface area contributed by atoms with Crippen LogP contribution < -0.4 is 9.64 Å². The third kappa shape index (κ3) is 4.13. The van der Waals surface area contributed by atoms with Crippen LogP contribution in [0.5, 0.6) is 11.5 Å². The summed E-state index contributed by atoms with van der Waals surface area (Å²) in [4.78, 5) is 27.5. The number of benzene rings is 3. The van der Waals surface area contributed by atoms with E-state index in [-0.39, 0.29) is 26.9 Å². The number of amides is 1. The molecule has 1 atom stereocenters. The lowest BCUT2D eigenvalue weighted by Gasteiger charge is -2.25. The zero-order chi connectivity index (χ0) is 23.9. The Hall–Kier alpha value is -3.19. The van der Waals surface area contributed by atoms with Crippen LogP contribution in [0.4, 0.5) is 5.69 Å². The Morgan fingerprint density at radius 3 is 2.24 bits per heavy atom. The second kappa shape index (κ2) is 8.98. The highest BCUT2D eigenvalue weighted by molar-refractivity contribution is 6.51. The van der Waals surface area contributed by atoms with Crippen molar-refractivity contribution in [3.63, 3.8) is 0 Å². The number of hydrogen-bond donors (Lipinski definition) is 2. The van der Waals surface area contributed by atoms with Crippen molar-refractivity contribution < 1.29 is 24.5 Å². The maximum atomic E-state index is 13.1. The Balaban J connectivity index is 1.95. The zero-order valence-corrected chi connectivity index (χ0v) is 19.3. The Morgan fingerprint density at radius 2 is 1.64 bits per heavy atom. The van der Waals surface area contributed by atoms with Gasteiger partial charge in [0.15, 0.2) is 0 Å². The highest BCUT2D eigenvalue weighted by Crippen LogP contribution is 2.44. The molecule has 1 unspecified atom stereocenters. The van der Waals surface area contributed by atoms with Gasteiger partial charge in [0.05, 0.1) is 28.8 Å². The summed E-state index contributed by atoms with van der Waals surface area (Å²) in [5, 5.41) is 21.7. The molecule has 1 amide bonds. The lowest BCUT2D eigenvalue weighted by Crippen LogP contribution is -2.29. The number of anilines is 1. The molecule has 3 aromatic rings. The fourth-order valence-corrected chi connectivity index (χ4v) is 4.25. The number of ether oxygens (including phenoxy) is 1. The fraction of sp³-hybridized carbons (Fsp3) is 0.0833. The van der Waals surface area contributed by atoms with E-state index in [9.17, 15) is 19.8 Å². The molecule has 1 aliphatic heterocycles. The Morgan fingerprint density at radius 1 is 0.939 bits per heavy atom. The van der Waals surface area contributed by atoms with Gasteiger partial charge in [0.1, 0.15) is 17.3 Å². The normalized spacial score (nSPS) is 17.5. The zero-order valence-electron chi connectivity index (χ0n) is 17.1. The molecular formula is C24H16Cl3NO5. The van der Waals surface area contributed by atoms with Gasteiger partial charge in [-0.3, -0.25) is 14.5 Å². The Kier molecular flexibility index (Phi) is 6.26. The summed E-state index contributed by atoms with van der Waals surface area (Å²) in [5.41, 5.74) is 0.873. The van der Waals surface area contributed by atoms with E-state index in [1.165, 1.54) is 42.3 Å². The number of halogens is 3. The highest BCUT2D eigenvalue weighted by atomic mass is 35.5. The number of rotatable bonds is 4. The maximum absolute atomic E-state index is 13.1. The lowest BCUT2D eigenvalue weighted by atomic mass is 9.95. The van der Waals surface area contributed by atoms with Gasteiger partial charge < -0.3 is 14.9 Å². The monoisotopic (exact) mass is 503 g/mol. The van der Waals surface area contributed by atoms with Gasteiger partial charge in [-0.15, -0.1) is 0 Å². The number of methoxy groups -OCH3 is 1. The van der Waals surface area contributed by atoms with Gasteiger partial charge in [0.25, 0.3) is 11.7 Å². The van der Waals surface area contributed by atoms with Gasteiger partial charge in [-0.1, -0.05) is 40.9 Å². The molecule has 1 heterocycles. The summed E-state index contributed by atoms with van der Waals surface area (Å²) >= 11 is 18.3. The Labute approximate surface area is 204 Å². The quantitative estimate of drug-likeness (QED) is 0.259. The highest BCUT2D eigenvalue weighted by Gasteiger charge is 2.47. The van der Waals surface area contributed by atoms with E-state index in [2.05, 4.69) is 0 Å². The second-order valence-electron chi connectivity index (χ2n) is 7.21. The second-order valence-corrected chi connectivity index (χ2v) is 8.46. The number of aliphatic hydroxyl groups excluding tert-OH is 1. The number of aliphatic hydroxyl groups is 1. The van der Waals surface area contributed by atoms with E-state index in [1.807, 2.05) is 0 Å². The molecule has 1 aliphatic rings. The van der Waals surface area contributed by atoms with Crippen molar-refractivity contribution in [3.05, 3.63) is 92.4 Å². The number of phenols is 1. The van der Waals surface area contributed by atoms with E-state index in [1.54, 1.807) is 30.3 Å². The summed E-state index contributed by atoms with van der Waals surface area (Å²) in [6.45, 7) is 0. The third-order valence-corrected chi connectivity index (χ3v) is 6.11. The molecule has 0 aromatic heterocycles. The van der Waals surface area contributed by atoms with Crippen LogP contribution in [0.3, 0.4) is 0 Å². The van der Waals surface area contributed by atoms with Crippen molar-refractivity contribution >= 4 is 57.9 Å². The van der Waals surface area contributed by atoms with Crippen molar-refractivity contribution in [1.82, 2.24) is 0 Å². The van der Waals surface area contributed by atoms with Gasteiger partial charge in [-0.25, -0.2) is 0 Å². The summed E-state index contributed by atoms with van der Waals surface area (Å²) in [5.74, 6) is -1.91. The Bertz CT molecular complexity index is 1300. The van der Waals surface area contributed by atoms with Crippen molar-refractivity contribution in [2.45, 2.75) is 6.04 Å². The molecule has 9 heteroatoms. The van der Waals surface area contributed by atoms with Gasteiger partial charge in [0, 0.05) is 16.3 Å². The first-order valence-electron chi connectivity index (χ1n) is 9.61. The number of hydrogen-bond acceptors (Lipinski definition) is 5. The average molecular weight is 505 g/mol. The molecule has 2 N–H and O–H groups in total. The van der Waals surface area contributed by atoms with Crippen LogP contribution in [0, 0.1) is 0 Å². The van der Waals surface area contributed by atoms with Crippen LogP contribution in [0.25, 0.3) is 5.76 Å². The van der Waals surface area contributed by atoms with Crippen molar-refractivity contribution in [1.29, 1.82) is 0 Å². The molecule has 1 saturated heterocycles. The van der Waals surface area contributed by atoms with Crippen LogP contribution in [0.1, 0.15) is 17.2 Å². The van der Waals surface area contributed by atoms with Crippen LogP contribution in [0.2, 0.25) is 15.1 Å². The van der Waals surface area contributed by atoms with Crippen LogP contribution in [-0.4, -0.2) is 29.0 Å². The largest absolute Gasteiger partial charge is 0.507 e. The molecule has 0 aliphatic carbocycles. The van der Waals surface area contributed by atoms with E-state index in [0.29, 0.717) is 22.0 Å². The number of nitrogens with zero attached hydrogens (tertiary/aromatic N) is 1. The van der Waals surface area contributed by atoms with E-state index in [4.69, 9.17) is 39.5 Å². The molecule has 168 valence electrons. The number of aromatic hydroxyl groups is 1. The molecule has 0 saturated carbocycles. The molecular weight excluding hydrogens is 489 g/mol. The average Bonchev–Trinajstić information content (AvgIpc) is 3.06. The summed E-state index contributed by atoms with van der Waals surface area (Å²) in [6, 6.07) is 14.1. The first kappa shape index (κ1) is 23.0. The van der Waals surface area contributed by atoms with E-state index >= 15 is 0 Å². The van der Waals surface area contributed by atoms with Crippen molar-refractivity contribution in [2.24, 2.45) is 0 Å². The molecule has 0 radical (unpaired) electrons. The minimum absolute atomic E-state index is 0.0293. The first-order valence-corrected chi connectivity index (χ1v) is 10.7. The molecule has 6 nitrogen and oxygen atoms in total. The number of carbonyl (C=O) groups excluding carboxylic acids is 2. The first-order chi connectivity index (χ1) is 15.7. The molecule has 4 rings (SSSR count). The maximum Gasteiger partial charge on any atom is 0.300 e. The topological polar surface area (TPSA) is 87.1 Å². The van der Waals surface area contributed by atoms with Crippen LogP contribution in [0.15, 0.2) is 66.2 Å². The van der Waals surface area contributed by atoms with Gasteiger partial charge >= 0.3 is 0 Å². The fourth-order valence-electron chi connectivity index (χ4n) is 3.68. The smallest absolute Gasteiger partial charge is 0.300 e. The predicted molar refractivity (Wildman–Crippen MR) is 127 cm³/mol. The molecule has 33 heavy (non-hydrogen) atoms. The summed E-state index contributed by atoms with van der Waals surface area (Å²) < 4.78 is 5.13. The molecule has 1 fully saturated rings. The number of Topliss-reactive ketones (excluding diaryl/α,β-unsaturated/α-hetero) is 1. The number of ketones is 1. The van der Waals surface area contributed by atoms with E-state index in [0.717, 1.165) is 0 Å². The van der Waals surface area contributed by atoms with Crippen molar-refractivity contribution in [2.75, 3.05) is 12.0 Å². The van der Waals surface area contributed by atoms with Gasteiger partial charge in [-0.2, -0.15) is 0 Å². The standard InChI is InChI=1S/C24H16Cl3NO5/c1-33-19-9-3-13(11-17(19)27)22(30)20-21(12-2-8-18(29)16(26)10-12)28(24(32)23(20)31)15-6-4-14(25)5-7-15/h2-11,21,29-30H,1H3/b22-20-. The van der Waals surface area contributed by atoms with Crippen LogP contribution >= 0.6 is 34.8 Å². The molecule has 3 aromatic carbocycles. The number of phenolic OH excluding ortho intramolecular Hbond substituents is 1. The minimum atomic E-state index is -1.02. The van der Waals surface area contributed by atoms with E-state index < -0.39 is 23.5 Å². The predicted octanol–water partition coefficient (Wildman–Crippen LogP) is 5.99. The third-order valence-electron chi connectivity index (χ3n) is 5.26. The summed E-state index contributed by atoms with van der Waals surface area (Å²) in [7, 11) is 1.45. The minimum Gasteiger partial charge on any atom is -0.507 e. The van der Waals surface area contributed by atoms with Crippen LogP contribution in [-0.2, 0) is 9.59 Å². The van der Waals surface area contributed by atoms with Crippen molar-refractivity contribution in [3.8, 4) is 11.5 Å². The lowest BCUT2D eigenvalue weighted by molar-refractivity contribution is -0.132. The van der Waals surface area contributed by atoms with Gasteiger partial charge in [-0.05, 0) is 60.2 Å². The molecule has 0 bridgehead atoms. The van der Waals surface area contributed by atoms with Gasteiger partial charge in [0.2, 0.25) is 0 Å². The summed E-state index contributed by atoms with van der Waals surface area (Å²) in [6.07, 6.45) is 0. The SMILES string of the molecule is COc1ccc(/C(O)=C2/C(=O)C(=O)N(c3ccc(Cl)cc3)C2c2ccc(O)c(Cl)c2)cc1Cl. The molecule has 0 spiro atoms. The number of carbonyl (C=O) groups is 2.